The Bertz CT molecular complexity index is 1860. The second kappa shape index (κ2) is 10.7. The summed E-state index contributed by atoms with van der Waals surface area (Å²) in [6.45, 7) is 2.02. The zero-order valence-corrected chi connectivity index (χ0v) is 21.7. The quantitative estimate of drug-likeness (QED) is 0.272. The Hall–Kier alpha value is -4.91. The molecule has 0 aliphatic rings. The van der Waals surface area contributed by atoms with Gasteiger partial charge in [-0.1, -0.05) is 25.0 Å². The van der Waals surface area contributed by atoms with E-state index in [0.29, 0.717) is 27.8 Å². The van der Waals surface area contributed by atoms with E-state index in [9.17, 15) is 22.8 Å². The number of aryl methyl sites for hydroxylation is 1. The summed E-state index contributed by atoms with van der Waals surface area (Å²) in [5, 5.41) is 3.31. The lowest BCUT2D eigenvalue weighted by Crippen LogP contribution is -2.21. The molecule has 0 fully saturated rings. The average molecular weight is 544 g/mol. The number of carbonyl (C=O) groups excluding carboxylic acids is 1. The van der Waals surface area contributed by atoms with Gasteiger partial charge in [0.05, 0.1) is 40.4 Å². The standard InChI is InChI=1S/C30H24F3N5O2/c1-3-4-5-6-10-27(39)36-26-14-12-20(17-35-26)19-11-13-24-23(15-19)28-25(18-34-24)37(2)29(40)38(28)22-9-7-8-21(16-22)30(31,32)33/h7-9,11-18H,3-4,10H2,1-2H3,(H,35,36,39). The highest BCUT2D eigenvalue weighted by Gasteiger charge is 2.31. The number of hydrogen-bond donors (Lipinski definition) is 1. The van der Waals surface area contributed by atoms with Crippen molar-refractivity contribution >= 4 is 33.7 Å². The molecule has 2 aromatic carbocycles. The fourth-order valence-corrected chi connectivity index (χ4v) is 4.42. The lowest BCUT2D eigenvalue weighted by atomic mass is 10.0. The summed E-state index contributed by atoms with van der Waals surface area (Å²) in [7, 11) is 1.55. The van der Waals surface area contributed by atoms with Crippen molar-refractivity contribution in [2.75, 3.05) is 5.32 Å². The van der Waals surface area contributed by atoms with Crippen LogP contribution in [0.25, 0.3) is 38.8 Å². The predicted octanol–water partition coefficient (Wildman–Crippen LogP) is 6.09. The Balaban J connectivity index is 1.55. The fraction of sp³-hybridized carbons (Fsp3) is 0.200. The molecular weight excluding hydrogens is 519 g/mol. The summed E-state index contributed by atoms with van der Waals surface area (Å²) in [4.78, 5) is 34.1. The van der Waals surface area contributed by atoms with Crippen molar-refractivity contribution in [1.82, 2.24) is 19.1 Å². The van der Waals surface area contributed by atoms with Gasteiger partial charge in [-0.05, 0) is 54.4 Å². The lowest BCUT2D eigenvalue weighted by Gasteiger charge is -2.11. The monoisotopic (exact) mass is 543 g/mol. The summed E-state index contributed by atoms with van der Waals surface area (Å²) in [5.41, 5.74) is 1.75. The molecule has 0 spiro atoms. The smallest absolute Gasteiger partial charge is 0.310 e. The van der Waals surface area contributed by atoms with Crippen LogP contribution in [0.15, 0.2) is 71.8 Å². The number of unbranched alkanes of at least 4 members (excludes halogenated alkanes) is 1. The maximum Gasteiger partial charge on any atom is 0.416 e. The predicted molar refractivity (Wildman–Crippen MR) is 148 cm³/mol. The van der Waals surface area contributed by atoms with Crippen LogP contribution in [0.5, 0.6) is 0 Å². The third-order valence-corrected chi connectivity index (χ3v) is 6.43. The molecule has 7 nitrogen and oxygen atoms in total. The Kier molecular flexibility index (Phi) is 7.13. The first-order chi connectivity index (χ1) is 19.2. The summed E-state index contributed by atoms with van der Waals surface area (Å²) in [5.74, 6) is 5.90. The molecule has 0 atom stereocenters. The Morgan fingerprint density at radius 1 is 1.00 bits per heavy atom. The van der Waals surface area contributed by atoms with Crippen LogP contribution in [0, 0.1) is 11.8 Å². The number of nitrogens with zero attached hydrogens (tertiary/aromatic N) is 4. The van der Waals surface area contributed by atoms with Crippen LogP contribution in [0.1, 0.15) is 31.7 Å². The third kappa shape index (κ3) is 5.18. The highest BCUT2D eigenvalue weighted by molar-refractivity contribution is 6.04. The molecule has 10 heteroatoms. The van der Waals surface area contributed by atoms with E-state index in [0.717, 1.165) is 36.1 Å². The largest absolute Gasteiger partial charge is 0.416 e. The van der Waals surface area contributed by atoms with E-state index >= 15 is 0 Å². The molecule has 0 saturated carbocycles. The number of fused-ring (bicyclic) bond motifs is 3. The zero-order chi connectivity index (χ0) is 28.4. The maximum absolute atomic E-state index is 13.4. The topological polar surface area (TPSA) is 81.8 Å². The van der Waals surface area contributed by atoms with Crippen molar-refractivity contribution in [2.24, 2.45) is 7.05 Å². The van der Waals surface area contributed by atoms with E-state index in [2.05, 4.69) is 27.1 Å². The maximum atomic E-state index is 13.4. The SMILES string of the molecule is CCCC#CCC(=O)Nc1ccc(-c2ccc3ncc4c(c3c2)n(-c2cccc(C(F)(F)F)c2)c(=O)n4C)cn1. The molecule has 5 rings (SSSR count). The van der Waals surface area contributed by atoms with Crippen LogP contribution in [0.4, 0.5) is 19.0 Å². The molecule has 3 heterocycles. The molecule has 0 saturated heterocycles. The molecule has 0 aliphatic heterocycles. The number of anilines is 1. The number of rotatable bonds is 5. The number of amides is 1. The van der Waals surface area contributed by atoms with E-state index < -0.39 is 17.4 Å². The van der Waals surface area contributed by atoms with Crippen molar-refractivity contribution in [3.8, 4) is 28.7 Å². The van der Waals surface area contributed by atoms with Gasteiger partial charge < -0.3 is 5.32 Å². The van der Waals surface area contributed by atoms with Gasteiger partial charge in [-0.15, -0.1) is 5.92 Å². The Morgan fingerprint density at radius 2 is 1.80 bits per heavy atom. The average Bonchev–Trinajstić information content (AvgIpc) is 3.21. The summed E-state index contributed by atoms with van der Waals surface area (Å²) < 4.78 is 43.0. The number of alkyl halides is 3. The van der Waals surface area contributed by atoms with Crippen molar-refractivity contribution in [3.63, 3.8) is 0 Å². The minimum absolute atomic E-state index is 0.0851. The highest BCUT2D eigenvalue weighted by Crippen LogP contribution is 2.33. The summed E-state index contributed by atoms with van der Waals surface area (Å²) in [6.07, 6.45) is 0.352. The van der Waals surface area contributed by atoms with E-state index in [1.807, 2.05) is 19.1 Å². The van der Waals surface area contributed by atoms with Crippen LogP contribution in [-0.4, -0.2) is 25.0 Å². The second-order valence-corrected chi connectivity index (χ2v) is 9.21. The first kappa shape index (κ1) is 26.7. The van der Waals surface area contributed by atoms with Gasteiger partial charge in [-0.25, -0.2) is 9.78 Å². The van der Waals surface area contributed by atoms with Crippen LogP contribution in [-0.2, 0) is 18.0 Å². The molecule has 3 aromatic heterocycles. The molecule has 5 aromatic rings. The van der Waals surface area contributed by atoms with E-state index in [4.69, 9.17) is 0 Å². The number of halogens is 3. The molecule has 0 unspecified atom stereocenters. The van der Waals surface area contributed by atoms with Crippen LogP contribution >= 0.6 is 0 Å². The van der Waals surface area contributed by atoms with Crippen molar-refractivity contribution < 1.29 is 18.0 Å². The summed E-state index contributed by atoms with van der Waals surface area (Å²) >= 11 is 0. The fourth-order valence-electron chi connectivity index (χ4n) is 4.42. The minimum atomic E-state index is -4.55. The minimum Gasteiger partial charge on any atom is -0.310 e. The number of nitrogens with one attached hydrogen (secondary N) is 1. The molecule has 40 heavy (non-hydrogen) atoms. The zero-order valence-electron chi connectivity index (χ0n) is 21.7. The third-order valence-electron chi connectivity index (χ3n) is 6.43. The first-order valence-electron chi connectivity index (χ1n) is 12.6. The van der Waals surface area contributed by atoms with Gasteiger partial charge in [-0.2, -0.15) is 13.2 Å². The molecule has 0 aliphatic carbocycles. The van der Waals surface area contributed by atoms with Crippen LogP contribution < -0.4 is 11.0 Å². The van der Waals surface area contributed by atoms with Gasteiger partial charge >= 0.3 is 11.9 Å². The van der Waals surface area contributed by atoms with E-state index in [1.54, 1.807) is 31.4 Å². The molecular formula is C30H24F3N5O2. The molecule has 1 amide bonds. The number of imidazole rings is 1. The van der Waals surface area contributed by atoms with Gasteiger partial charge in [0.15, 0.2) is 0 Å². The lowest BCUT2D eigenvalue weighted by molar-refractivity contribution is -0.137. The van der Waals surface area contributed by atoms with Gasteiger partial charge in [0.2, 0.25) is 5.91 Å². The van der Waals surface area contributed by atoms with Gasteiger partial charge in [0, 0.05) is 30.6 Å². The van der Waals surface area contributed by atoms with E-state index in [-0.39, 0.29) is 18.0 Å². The van der Waals surface area contributed by atoms with Crippen molar-refractivity contribution in [3.05, 3.63) is 83.0 Å². The van der Waals surface area contributed by atoms with E-state index in [1.165, 1.54) is 27.5 Å². The highest BCUT2D eigenvalue weighted by atomic mass is 19.4. The summed E-state index contributed by atoms with van der Waals surface area (Å²) in [6, 6.07) is 13.6. The van der Waals surface area contributed by atoms with Crippen LogP contribution in [0.3, 0.4) is 0 Å². The molecule has 202 valence electrons. The number of benzene rings is 2. The molecule has 0 bridgehead atoms. The number of hydrogen-bond acceptors (Lipinski definition) is 4. The van der Waals surface area contributed by atoms with Gasteiger partial charge in [0.25, 0.3) is 0 Å². The van der Waals surface area contributed by atoms with Crippen molar-refractivity contribution in [2.45, 2.75) is 32.4 Å². The Labute approximate surface area is 227 Å². The molecule has 1 N–H and O–H groups in total. The first-order valence-corrected chi connectivity index (χ1v) is 12.6. The van der Waals surface area contributed by atoms with Crippen LogP contribution in [0.2, 0.25) is 0 Å². The number of aromatic nitrogens is 4. The second-order valence-electron chi connectivity index (χ2n) is 9.21. The number of carbonyl (C=O) groups is 1. The normalized spacial score (nSPS) is 11.4. The van der Waals surface area contributed by atoms with Crippen molar-refractivity contribution in [1.29, 1.82) is 0 Å². The molecule has 0 radical (unpaired) electrons. The Morgan fingerprint density at radius 3 is 2.52 bits per heavy atom. The number of pyridine rings is 2. The van der Waals surface area contributed by atoms with Gasteiger partial charge in [0.1, 0.15) is 5.82 Å². The van der Waals surface area contributed by atoms with Gasteiger partial charge in [-0.3, -0.25) is 18.9 Å².